The Labute approximate surface area is 91.8 Å². The maximum Gasteiger partial charge on any atom is 0.131 e. The highest BCUT2D eigenvalue weighted by atomic mass is 35.5. The molecule has 0 aliphatic rings. The van der Waals surface area contributed by atoms with E-state index >= 15 is 0 Å². The van der Waals surface area contributed by atoms with Gasteiger partial charge in [-0.3, -0.25) is 0 Å². The van der Waals surface area contributed by atoms with Crippen molar-refractivity contribution in [2.75, 3.05) is 0 Å². The van der Waals surface area contributed by atoms with Gasteiger partial charge in [-0.15, -0.1) is 0 Å². The summed E-state index contributed by atoms with van der Waals surface area (Å²) in [6.45, 7) is 0. The molecule has 15 heavy (non-hydrogen) atoms. The molecule has 0 heterocycles. The van der Waals surface area contributed by atoms with Crippen LogP contribution in [0, 0.1) is 5.82 Å². The van der Waals surface area contributed by atoms with Gasteiger partial charge < -0.3 is 5.11 Å². The minimum Gasteiger partial charge on any atom is -0.507 e. The fourth-order valence-corrected chi connectivity index (χ4v) is 1.71. The van der Waals surface area contributed by atoms with E-state index in [1.165, 1.54) is 12.1 Å². The molecule has 76 valence electrons. The molecular weight excluding hydrogens is 215 g/mol. The van der Waals surface area contributed by atoms with Crippen LogP contribution in [0.3, 0.4) is 0 Å². The Hall–Kier alpha value is -1.54. The predicted molar refractivity (Wildman–Crippen MR) is 58.5 cm³/mol. The van der Waals surface area contributed by atoms with Crippen molar-refractivity contribution in [3.8, 4) is 16.9 Å². The van der Waals surface area contributed by atoms with Crippen LogP contribution in [0.15, 0.2) is 42.5 Å². The summed E-state index contributed by atoms with van der Waals surface area (Å²) in [6.07, 6.45) is 0. The van der Waals surface area contributed by atoms with Crippen molar-refractivity contribution in [1.29, 1.82) is 0 Å². The third kappa shape index (κ3) is 1.81. The second-order valence-corrected chi connectivity index (χ2v) is 3.52. The van der Waals surface area contributed by atoms with Gasteiger partial charge in [0.15, 0.2) is 0 Å². The highest BCUT2D eigenvalue weighted by Gasteiger charge is 2.11. The SMILES string of the molecule is Oc1cccc(Cl)c1-c1ccccc1F. The second-order valence-electron chi connectivity index (χ2n) is 3.11. The van der Waals surface area contributed by atoms with Crippen LogP contribution in [0.2, 0.25) is 5.02 Å². The van der Waals surface area contributed by atoms with Crippen molar-refractivity contribution in [3.63, 3.8) is 0 Å². The Morgan fingerprint density at radius 2 is 1.73 bits per heavy atom. The molecule has 0 amide bonds. The third-order valence-corrected chi connectivity index (χ3v) is 2.45. The molecule has 0 aromatic heterocycles. The predicted octanol–water partition coefficient (Wildman–Crippen LogP) is 3.85. The number of halogens is 2. The van der Waals surface area contributed by atoms with Crippen LogP contribution >= 0.6 is 11.6 Å². The van der Waals surface area contributed by atoms with Crippen molar-refractivity contribution in [2.24, 2.45) is 0 Å². The summed E-state index contributed by atoms with van der Waals surface area (Å²) < 4.78 is 13.5. The number of phenolic OH excluding ortho intramolecular Hbond substituents is 1. The van der Waals surface area contributed by atoms with Crippen LogP contribution in [0.25, 0.3) is 11.1 Å². The molecule has 2 rings (SSSR count). The summed E-state index contributed by atoms with van der Waals surface area (Å²) in [5.41, 5.74) is 0.637. The molecule has 1 N–H and O–H groups in total. The summed E-state index contributed by atoms with van der Waals surface area (Å²) >= 11 is 5.91. The maximum atomic E-state index is 13.5. The molecule has 0 aliphatic heterocycles. The van der Waals surface area contributed by atoms with Gasteiger partial charge in [0.25, 0.3) is 0 Å². The lowest BCUT2D eigenvalue weighted by Crippen LogP contribution is -1.85. The number of benzene rings is 2. The van der Waals surface area contributed by atoms with E-state index in [0.717, 1.165) is 0 Å². The van der Waals surface area contributed by atoms with Crippen LogP contribution in [-0.2, 0) is 0 Å². The van der Waals surface area contributed by atoms with Crippen LogP contribution in [-0.4, -0.2) is 5.11 Å². The topological polar surface area (TPSA) is 20.2 Å². The molecule has 0 saturated heterocycles. The minimum atomic E-state index is -0.402. The van der Waals surface area contributed by atoms with Crippen LogP contribution in [0.1, 0.15) is 0 Å². The molecule has 3 heteroatoms. The Bertz CT molecular complexity index is 476. The monoisotopic (exact) mass is 222 g/mol. The molecule has 0 fully saturated rings. The van der Waals surface area contributed by atoms with Gasteiger partial charge in [0.05, 0.1) is 5.02 Å². The summed E-state index contributed by atoms with van der Waals surface area (Å²) in [4.78, 5) is 0. The molecule has 0 unspecified atom stereocenters. The average Bonchev–Trinajstić information content (AvgIpc) is 2.20. The molecule has 0 atom stereocenters. The standard InChI is InChI=1S/C12H8ClFO/c13-9-5-3-7-11(15)12(9)8-4-1-2-6-10(8)14/h1-7,15H. The van der Waals surface area contributed by atoms with Crippen molar-refractivity contribution < 1.29 is 9.50 Å². The van der Waals surface area contributed by atoms with Crippen molar-refractivity contribution in [3.05, 3.63) is 53.3 Å². The van der Waals surface area contributed by atoms with Gasteiger partial charge in [-0.05, 0) is 18.2 Å². The summed E-state index contributed by atoms with van der Waals surface area (Å²) in [7, 11) is 0. The summed E-state index contributed by atoms with van der Waals surface area (Å²) in [6, 6.07) is 10.9. The van der Waals surface area contributed by atoms with Gasteiger partial charge in [-0.2, -0.15) is 0 Å². The molecule has 0 aliphatic carbocycles. The molecular formula is C12H8ClFO. The van der Waals surface area contributed by atoms with Gasteiger partial charge in [0.1, 0.15) is 11.6 Å². The number of aromatic hydroxyl groups is 1. The summed E-state index contributed by atoms with van der Waals surface area (Å²) in [5, 5.41) is 9.95. The molecule has 0 radical (unpaired) electrons. The van der Waals surface area contributed by atoms with Crippen LogP contribution in [0.5, 0.6) is 5.75 Å². The van der Waals surface area contributed by atoms with Crippen molar-refractivity contribution in [2.45, 2.75) is 0 Å². The zero-order valence-electron chi connectivity index (χ0n) is 7.74. The molecule has 0 bridgehead atoms. The third-order valence-electron chi connectivity index (χ3n) is 2.13. The lowest BCUT2D eigenvalue weighted by atomic mass is 10.0. The number of phenols is 1. The lowest BCUT2D eigenvalue weighted by molar-refractivity contribution is 0.477. The highest BCUT2D eigenvalue weighted by Crippen LogP contribution is 2.36. The van der Waals surface area contributed by atoms with Crippen LogP contribution < -0.4 is 0 Å². The average molecular weight is 223 g/mol. The zero-order chi connectivity index (χ0) is 10.8. The van der Waals surface area contributed by atoms with E-state index in [9.17, 15) is 9.50 Å². The van der Waals surface area contributed by atoms with Crippen molar-refractivity contribution >= 4 is 11.6 Å². The molecule has 2 aromatic rings. The van der Waals surface area contributed by atoms with Gasteiger partial charge in [0.2, 0.25) is 0 Å². The first-order valence-electron chi connectivity index (χ1n) is 4.42. The fourth-order valence-electron chi connectivity index (χ4n) is 1.44. The molecule has 0 spiro atoms. The van der Waals surface area contributed by atoms with Gasteiger partial charge in [0, 0.05) is 11.1 Å². The number of hydrogen-bond acceptors (Lipinski definition) is 1. The minimum absolute atomic E-state index is 0.0207. The first kappa shape index (κ1) is 9.99. The van der Waals surface area contributed by atoms with Gasteiger partial charge in [-0.1, -0.05) is 35.9 Å². The van der Waals surface area contributed by atoms with Gasteiger partial charge in [-0.25, -0.2) is 4.39 Å². The van der Waals surface area contributed by atoms with Crippen LogP contribution in [0.4, 0.5) is 4.39 Å². The largest absolute Gasteiger partial charge is 0.507 e. The molecule has 1 nitrogen and oxygen atoms in total. The van der Waals surface area contributed by atoms with E-state index in [2.05, 4.69) is 0 Å². The molecule has 0 saturated carbocycles. The lowest BCUT2D eigenvalue weighted by Gasteiger charge is -2.07. The van der Waals surface area contributed by atoms with E-state index in [1.807, 2.05) is 0 Å². The van der Waals surface area contributed by atoms with Crippen molar-refractivity contribution in [1.82, 2.24) is 0 Å². The number of hydrogen-bond donors (Lipinski definition) is 1. The first-order chi connectivity index (χ1) is 7.20. The Balaban J connectivity index is 2.69. The first-order valence-corrected chi connectivity index (χ1v) is 4.80. The van der Waals surface area contributed by atoms with E-state index in [4.69, 9.17) is 11.6 Å². The maximum absolute atomic E-state index is 13.5. The number of rotatable bonds is 1. The van der Waals surface area contributed by atoms with E-state index < -0.39 is 5.82 Å². The van der Waals surface area contributed by atoms with E-state index in [0.29, 0.717) is 16.1 Å². The fraction of sp³-hybridized carbons (Fsp3) is 0. The Morgan fingerprint density at radius 3 is 2.40 bits per heavy atom. The van der Waals surface area contributed by atoms with E-state index in [1.54, 1.807) is 30.3 Å². The molecule has 2 aromatic carbocycles. The summed E-state index contributed by atoms with van der Waals surface area (Å²) in [5.74, 6) is -0.423. The highest BCUT2D eigenvalue weighted by molar-refractivity contribution is 6.33. The normalized spacial score (nSPS) is 10.3. The van der Waals surface area contributed by atoms with E-state index in [-0.39, 0.29) is 5.75 Å². The second kappa shape index (κ2) is 3.91. The Morgan fingerprint density at radius 1 is 1.00 bits per heavy atom. The quantitative estimate of drug-likeness (QED) is 0.777. The zero-order valence-corrected chi connectivity index (χ0v) is 8.50. The smallest absolute Gasteiger partial charge is 0.131 e. The Kier molecular flexibility index (Phi) is 2.60. The van der Waals surface area contributed by atoms with Gasteiger partial charge >= 0.3 is 0 Å².